The highest BCUT2D eigenvalue weighted by Crippen LogP contribution is 2.30. The highest BCUT2D eigenvalue weighted by Gasteiger charge is 2.16. The largest absolute Gasteiger partial charge is 0.369 e. The van der Waals surface area contributed by atoms with E-state index in [-0.39, 0.29) is 6.04 Å². The maximum atomic E-state index is 4.43. The zero-order chi connectivity index (χ0) is 19.7. The van der Waals surface area contributed by atoms with Gasteiger partial charge >= 0.3 is 0 Å². The van der Waals surface area contributed by atoms with Crippen LogP contribution in [-0.2, 0) is 0 Å². The van der Waals surface area contributed by atoms with E-state index < -0.39 is 0 Å². The lowest BCUT2D eigenvalue weighted by molar-refractivity contribution is 0.313. The molecule has 0 aliphatic carbocycles. The molecule has 4 rings (SSSR count). The molecular formula is C23H29N5. The van der Waals surface area contributed by atoms with Crippen LogP contribution in [0.2, 0.25) is 0 Å². The van der Waals surface area contributed by atoms with Crippen molar-refractivity contribution in [3.63, 3.8) is 0 Å². The molecule has 1 fully saturated rings. The van der Waals surface area contributed by atoms with E-state index in [1.807, 2.05) is 6.20 Å². The standard InChI is InChI=1S/C23H29N5/c1-16-6-5-7-21(17(16)2)18(3)25-23-22-14-20(9-8-19(22)15-24-26-23)28-12-10-27(4)11-13-28/h5-9,14-15,18H,10-13H2,1-4H3,(H,25,26)/t18-/m1/s1. The monoisotopic (exact) mass is 375 g/mol. The van der Waals surface area contributed by atoms with Gasteiger partial charge in [-0.25, -0.2) is 0 Å². The topological polar surface area (TPSA) is 44.3 Å². The van der Waals surface area contributed by atoms with Gasteiger partial charge in [0.05, 0.1) is 12.2 Å². The summed E-state index contributed by atoms with van der Waals surface area (Å²) in [4.78, 5) is 4.83. The van der Waals surface area contributed by atoms with Gasteiger partial charge in [0, 0.05) is 42.6 Å². The number of fused-ring (bicyclic) bond motifs is 1. The number of aromatic nitrogens is 2. The molecule has 146 valence electrons. The molecule has 0 unspecified atom stereocenters. The number of nitrogens with zero attached hydrogens (tertiary/aromatic N) is 4. The Balaban J connectivity index is 1.65. The maximum absolute atomic E-state index is 4.43. The Hall–Kier alpha value is -2.66. The summed E-state index contributed by atoms with van der Waals surface area (Å²) in [5.74, 6) is 0.849. The van der Waals surface area contributed by atoms with Crippen LogP contribution in [0.4, 0.5) is 11.5 Å². The minimum absolute atomic E-state index is 0.159. The van der Waals surface area contributed by atoms with E-state index in [0.29, 0.717) is 0 Å². The van der Waals surface area contributed by atoms with Crippen molar-refractivity contribution < 1.29 is 0 Å². The Bertz CT molecular complexity index is 976. The lowest BCUT2D eigenvalue weighted by Crippen LogP contribution is -2.44. The van der Waals surface area contributed by atoms with Crippen molar-refractivity contribution in [3.8, 4) is 0 Å². The highest BCUT2D eigenvalue weighted by molar-refractivity contribution is 5.93. The predicted molar refractivity (Wildman–Crippen MR) is 117 cm³/mol. The molecule has 1 N–H and O–H groups in total. The van der Waals surface area contributed by atoms with E-state index >= 15 is 0 Å². The van der Waals surface area contributed by atoms with Crippen molar-refractivity contribution in [3.05, 3.63) is 59.3 Å². The van der Waals surface area contributed by atoms with Crippen molar-refractivity contribution in [2.24, 2.45) is 0 Å². The second-order valence-electron chi connectivity index (χ2n) is 7.91. The van der Waals surface area contributed by atoms with Crippen molar-refractivity contribution in [1.29, 1.82) is 0 Å². The molecule has 28 heavy (non-hydrogen) atoms. The number of nitrogens with one attached hydrogen (secondary N) is 1. The van der Waals surface area contributed by atoms with Crippen molar-refractivity contribution in [2.45, 2.75) is 26.8 Å². The fourth-order valence-electron chi connectivity index (χ4n) is 3.96. The molecule has 0 bridgehead atoms. The molecule has 2 aromatic carbocycles. The number of hydrogen-bond acceptors (Lipinski definition) is 5. The molecule has 1 aliphatic rings. The molecule has 0 spiro atoms. The van der Waals surface area contributed by atoms with Crippen LogP contribution in [0.3, 0.4) is 0 Å². The molecule has 0 saturated carbocycles. The van der Waals surface area contributed by atoms with E-state index in [1.165, 1.54) is 22.4 Å². The van der Waals surface area contributed by atoms with Crippen molar-refractivity contribution in [1.82, 2.24) is 15.1 Å². The number of anilines is 2. The Labute approximate surface area is 167 Å². The molecule has 5 heteroatoms. The minimum atomic E-state index is 0.159. The van der Waals surface area contributed by atoms with Crippen LogP contribution in [0, 0.1) is 13.8 Å². The third kappa shape index (κ3) is 3.67. The number of aryl methyl sites for hydroxylation is 1. The Morgan fingerprint density at radius 1 is 1.04 bits per heavy atom. The quantitative estimate of drug-likeness (QED) is 0.741. The van der Waals surface area contributed by atoms with Crippen molar-refractivity contribution in [2.75, 3.05) is 43.4 Å². The average Bonchev–Trinajstić information content (AvgIpc) is 2.70. The van der Waals surface area contributed by atoms with Gasteiger partial charge in [-0.05, 0) is 56.6 Å². The fourth-order valence-corrected chi connectivity index (χ4v) is 3.96. The molecular weight excluding hydrogens is 346 g/mol. The number of hydrogen-bond donors (Lipinski definition) is 1. The van der Waals surface area contributed by atoms with Gasteiger partial charge in [0.1, 0.15) is 0 Å². The molecule has 1 atom stereocenters. The van der Waals surface area contributed by atoms with Crippen LogP contribution in [0.5, 0.6) is 0 Å². The summed E-state index contributed by atoms with van der Waals surface area (Å²) in [6.45, 7) is 10.8. The summed E-state index contributed by atoms with van der Waals surface area (Å²) in [5.41, 5.74) is 5.20. The summed E-state index contributed by atoms with van der Waals surface area (Å²) in [6.07, 6.45) is 1.84. The molecule has 0 radical (unpaired) electrons. The molecule has 1 aliphatic heterocycles. The van der Waals surface area contributed by atoms with E-state index in [9.17, 15) is 0 Å². The first-order valence-electron chi connectivity index (χ1n) is 10.0. The average molecular weight is 376 g/mol. The van der Waals surface area contributed by atoms with Crippen LogP contribution >= 0.6 is 0 Å². The van der Waals surface area contributed by atoms with E-state index in [0.717, 1.165) is 42.8 Å². The molecule has 0 amide bonds. The van der Waals surface area contributed by atoms with Gasteiger partial charge in [0.2, 0.25) is 0 Å². The summed E-state index contributed by atoms with van der Waals surface area (Å²) >= 11 is 0. The van der Waals surface area contributed by atoms with Crippen LogP contribution in [0.25, 0.3) is 10.8 Å². The third-order valence-electron chi connectivity index (χ3n) is 5.98. The van der Waals surface area contributed by atoms with Gasteiger partial charge in [-0.1, -0.05) is 24.3 Å². The minimum Gasteiger partial charge on any atom is -0.369 e. The molecule has 2 heterocycles. The van der Waals surface area contributed by atoms with Crippen LogP contribution in [0.1, 0.15) is 29.7 Å². The summed E-state index contributed by atoms with van der Waals surface area (Å²) < 4.78 is 0. The number of benzene rings is 2. The summed E-state index contributed by atoms with van der Waals surface area (Å²) in [5, 5.41) is 14.5. The Kier molecular flexibility index (Phi) is 5.18. The summed E-state index contributed by atoms with van der Waals surface area (Å²) in [6, 6.07) is 13.2. The van der Waals surface area contributed by atoms with Gasteiger partial charge in [-0.15, -0.1) is 5.10 Å². The molecule has 1 saturated heterocycles. The van der Waals surface area contributed by atoms with E-state index in [2.05, 4.69) is 89.5 Å². The van der Waals surface area contributed by atoms with Crippen LogP contribution < -0.4 is 10.2 Å². The normalized spacial score (nSPS) is 16.4. The first-order chi connectivity index (χ1) is 13.5. The first-order valence-corrected chi connectivity index (χ1v) is 10.0. The Morgan fingerprint density at radius 3 is 2.61 bits per heavy atom. The van der Waals surface area contributed by atoms with Gasteiger partial charge in [0.15, 0.2) is 5.82 Å². The lowest BCUT2D eigenvalue weighted by Gasteiger charge is -2.34. The molecule has 3 aromatic rings. The van der Waals surface area contributed by atoms with Gasteiger partial charge < -0.3 is 15.1 Å². The zero-order valence-corrected chi connectivity index (χ0v) is 17.2. The lowest BCUT2D eigenvalue weighted by atomic mass is 9.98. The number of rotatable bonds is 4. The van der Waals surface area contributed by atoms with Gasteiger partial charge in [-0.3, -0.25) is 0 Å². The molecule has 5 nitrogen and oxygen atoms in total. The van der Waals surface area contributed by atoms with E-state index in [4.69, 9.17) is 0 Å². The number of likely N-dealkylation sites (N-methyl/N-ethyl adjacent to an activating group) is 1. The smallest absolute Gasteiger partial charge is 0.157 e. The highest BCUT2D eigenvalue weighted by atomic mass is 15.2. The second-order valence-corrected chi connectivity index (χ2v) is 7.91. The van der Waals surface area contributed by atoms with Crippen molar-refractivity contribution >= 4 is 22.3 Å². The fraction of sp³-hybridized carbons (Fsp3) is 0.391. The molecule has 1 aromatic heterocycles. The number of piperazine rings is 1. The SMILES string of the molecule is Cc1cccc([C@@H](C)Nc2nncc3ccc(N4CCN(C)CC4)cc23)c1C. The summed E-state index contributed by atoms with van der Waals surface area (Å²) in [7, 11) is 2.18. The third-order valence-corrected chi connectivity index (χ3v) is 5.98. The van der Waals surface area contributed by atoms with Crippen LogP contribution in [0.15, 0.2) is 42.6 Å². The van der Waals surface area contributed by atoms with Gasteiger partial charge in [-0.2, -0.15) is 5.10 Å². The van der Waals surface area contributed by atoms with E-state index in [1.54, 1.807) is 0 Å². The Morgan fingerprint density at radius 2 is 1.82 bits per heavy atom. The second kappa shape index (κ2) is 7.76. The first kappa shape index (κ1) is 18.7. The maximum Gasteiger partial charge on any atom is 0.157 e. The van der Waals surface area contributed by atoms with Crippen LogP contribution in [-0.4, -0.2) is 48.3 Å². The predicted octanol–water partition coefficient (Wildman–Crippen LogP) is 4.17. The zero-order valence-electron chi connectivity index (χ0n) is 17.2. The van der Waals surface area contributed by atoms with Gasteiger partial charge in [0.25, 0.3) is 0 Å².